The van der Waals surface area contributed by atoms with Gasteiger partial charge in [0.05, 0.1) is 10.9 Å². The third-order valence-corrected chi connectivity index (χ3v) is 7.86. The quantitative estimate of drug-likeness (QED) is 0.846. The van der Waals surface area contributed by atoms with E-state index in [4.69, 9.17) is 4.74 Å². The lowest BCUT2D eigenvalue weighted by Crippen LogP contribution is -2.63. The SMILES string of the molecule is COC1(CNS(=O)(=O)C(C)C)C2CC3CC(C2)CC1C3. The van der Waals surface area contributed by atoms with Gasteiger partial charge in [0.2, 0.25) is 10.0 Å². The molecular formula is C15H27NO3S. The molecule has 0 aromatic heterocycles. The number of hydrogen-bond donors (Lipinski definition) is 1. The predicted octanol–water partition coefficient (Wildman–Crippen LogP) is 2.16. The van der Waals surface area contributed by atoms with E-state index in [1.54, 1.807) is 21.0 Å². The maximum atomic E-state index is 12.1. The molecular weight excluding hydrogens is 274 g/mol. The van der Waals surface area contributed by atoms with Gasteiger partial charge < -0.3 is 4.74 Å². The lowest BCUT2D eigenvalue weighted by molar-refractivity contribution is -0.185. The second-order valence-corrected chi connectivity index (χ2v) is 9.70. The van der Waals surface area contributed by atoms with Crippen LogP contribution in [-0.4, -0.2) is 32.9 Å². The summed E-state index contributed by atoms with van der Waals surface area (Å²) in [7, 11) is -1.44. The second kappa shape index (κ2) is 4.96. The standard InChI is InChI=1S/C15H27NO3S/c1-10(2)20(17,18)16-9-15(19-3)13-5-11-4-12(7-13)8-14(15)6-11/h10-14,16H,4-9H2,1-3H3. The molecule has 20 heavy (non-hydrogen) atoms. The van der Waals surface area contributed by atoms with Crippen molar-refractivity contribution in [1.82, 2.24) is 4.72 Å². The average Bonchev–Trinajstić information content (AvgIpc) is 2.38. The van der Waals surface area contributed by atoms with Gasteiger partial charge in [-0.1, -0.05) is 0 Å². The highest BCUT2D eigenvalue weighted by Crippen LogP contribution is 2.59. The molecule has 116 valence electrons. The van der Waals surface area contributed by atoms with E-state index >= 15 is 0 Å². The summed E-state index contributed by atoms with van der Waals surface area (Å²) in [5, 5.41) is -0.381. The van der Waals surface area contributed by atoms with Crippen LogP contribution >= 0.6 is 0 Å². The smallest absolute Gasteiger partial charge is 0.214 e. The summed E-state index contributed by atoms with van der Waals surface area (Å²) in [6, 6.07) is 0. The summed E-state index contributed by atoms with van der Waals surface area (Å²) >= 11 is 0. The topological polar surface area (TPSA) is 55.4 Å². The first-order valence-corrected chi connectivity index (χ1v) is 9.45. The fourth-order valence-corrected chi connectivity index (χ4v) is 5.82. The lowest BCUT2D eigenvalue weighted by atomic mass is 9.50. The molecule has 0 amide bonds. The van der Waals surface area contributed by atoms with E-state index in [0.29, 0.717) is 18.4 Å². The Kier molecular flexibility index (Phi) is 3.67. The maximum Gasteiger partial charge on any atom is 0.214 e. The van der Waals surface area contributed by atoms with Gasteiger partial charge in [0.1, 0.15) is 0 Å². The van der Waals surface area contributed by atoms with E-state index in [-0.39, 0.29) is 10.9 Å². The minimum Gasteiger partial charge on any atom is -0.376 e. The van der Waals surface area contributed by atoms with Crippen molar-refractivity contribution in [1.29, 1.82) is 0 Å². The summed E-state index contributed by atoms with van der Waals surface area (Å²) in [5.74, 6) is 2.81. The summed E-state index contributed by atoms with van der Waals surface area (Å²) in [6.45, 7) is 3.90. The summed E-state index contributed by atoms with van der Waals surface area (Å²) in [6.07, 6.45) is 6.30. The first-order chi connectivity index (χ1) is 9.37. The largest absolute Gasteiger partial charge is 0.376 e. The maximum absolute atomic E-state index is 12.1. The van der Waals surface area contributed by atoms with Crippen molar-refractivity contribution >= 4 is 10.0 Å². The Morgan fingerprint density at radius 2 is 1.60 bits per heavy atom. The van der Waals surface area contributed by atoms with Crippen LogP contribution in [0.5, 0.6) is 0 Å². The van der Waals surface area contributed by atoms with Crippen LogP contribution in [0.2, 0.25) is 0 Å². The Morgan fingerprint density at radius 3 is 2.00 bits per heavy atom. The molecule has 0 aliphatic heterocycles. The van der Waals surface area contributed by atoms with Crippen molar-refractivity contribution in [3.05, 3.63) is 0 Å². The fraction of sp³-hybridized carbons (Fsp3) is 1.00. The van der Waals surface area contributed by atoms with Gasteiger partial charge >= 0.3 is 0 Å². The molecule has 0 aromatic carbocycles. The number of ether oxygens (including phenoxy) is 1. The highest BCUT2D eigenvalue weighted by Gasteiger charge is 2.57. The van der Waals surface area contributed by atoms with Gasteiger partial charge in [-0.15, -0.1) is 0 Å². The molecule has 0 unspecified atom stereocenters. The molecule has 0 saturated heterocycles. The monoisotopic (exact) mass is 301 g/mol. The van der Waals surface area contributed by atoms with Crippen LogP contribution in [0.4, 0.5) is 0 Å². The number of methoxy groups -OCH3 is 1. The number of sulfonamides is 1. The van der Waals surface area contributed by atoms with Crippen LogP contribution in [0, 0.1) is 23.7 Å². The molecule has 0 spiro atoms. The van der Waals surface area contributed by atoms with E-state index in [0.717, 1.165) is 11.8 Å². The number of nitrogens with one attached hydrogen (secondary N) is 1. The van der Waals surface area contributed by atoms with E-state index < -0.39 is 10.0 Å². The van der Waals surface area contributed by atoms with Crippen molar-refractivity contribution < 1.29 is 13.2 Å². The first-order valence-electron chi connectivity index (χ1n) is 7.91. The number of rotatable bonds is 5. The Morgan fingerprint density at radius 1 is 1.10 bits per heavy atom. The molecule has 4 saturated carbocycles. The van der Waals surface area contributed by atoms with E-state index in [9.17, 15) is 8.42 Å². The van der Waals surface area contributed by atoms with Gasteiger partial charge in [-0.25, -0.2) is 13.1 Å². The van der Waals surface area contributed by atoms with Crippen LogP contribution < -0.4 is 4.72 Å². The van der Waals surface area contributed by atoms with Crippen LogP contribution in [-0.2, 0) is 14.8 Å². The van der Waals surface area contributed by atoms with Gasteiger partial charge in [-0.2, -0.15) is 0 Å². The zero-order chi connectivity index (χ0) is 14.5. The molecule has 5 heteroatoms. The van der Waals surface area contributed by atoms with Gasteiger partial charge in [0.25, 0.3) is 0 Å². The lowest BCUT2D eigenvalue weighted by Gasteiger charge is -2.60. The summed E-state index contributed by atoms with van der Waals surface area (Å²) in [5.41, 5.74) is -0.255. The minimum atomic E-state index is -3.21. The normalized spacial score (nSPS) is 43.4. The summed E-state index contributed by atoms with van der Waals surface area (Å²) in [4.78, 5) is 0. The van der Waals surface area contributed by atoms with Gasteiger partial charge in [-0.05, 0) is 69.6 Å². The highest BCUT2D eigenvalue weighted by molar-refractivity contribution is 7.90. The molecule has 0 atom stereocenters. The molecule has 4 rings (SSSR count). The van der Waals surface area contributed by atoms with Crippen molar-refractivity contribution in [3.63, 3.8) is 0 Å². The zero-order valence-electron chi connectivity index (χ0n) is 12.8. The first kappa shape index (κ1) is 14.8. The Bertz CT molecular complexity index is 444. The molecule has 4 fully saturated rings. The van der Waals surface area contributed by atoms with Gasteiger partial charge in [0.15, 0.2) is 0 Å². The van der Waals surface area contributed by atoms with E-state index in [1.807, 2.05) is 0 Å². The third kappa shape index (κ3) is 2.22. The van der Waals surface area contributed by atoms with Crippen LogP contribution in [0.15, 0.2) is 0 Å². The molecule has 4 nitrogen and oxygen atoms in total. The molecule has 1 N–H and O–H groups in total. The molecule has 0 radical (unpaired) electrons. The van der Waals surface area contributed by atoms with Gasteiger partial charge in [0, 0.05) is 13.7 Å². The zero-order valence-corrected chi connectivity index (χ0v) is 13.6. The van der Waals surface area contributed by atoms with Crippen molar-refractivity contribution in [2.75, 3.05) is 13.7 Å². The van der Waals surface area contributed by atoms with E-state index in [1.165, 1.54) is 32.1 Å². The Balaban J connectivity index is 1.78. The molecule has 4 aliphatic carbocycles. The predicted molar refractivity (Wildman–Crippen MR) is 78.8 cm³/mol. The average molecular weight is 301 g/mol. The van der Waals surface area contributed by atoms with Gasteiger partial charge in [-0.3, -0.25) is 0 Å². The minimum absolute atomic E-state index is 0.255. The molecule has 0 aromatic rings. The summed E-state index contributed by atoms with van der Waals surface area (Å²) < 4.78 is 32.9. The van der Waals surface area contributed by atoms with Crippen LogP contribution in [0.1, 0.15) is 46.0 Å². The third-order valence-electron chi connectivity index (χ3n) is 6.07. The van der Waals surface area contributed by atoms with Crippen LogP contribution in [0.25, 0.3) is 0 Å². The molecule has 0 heterocycles. The van der Waals surface area contributed by atoms with Crippen molar-refractivity contribution in [2.45, 2.75) is 56.8 Å². The van der Waals surface area contributed by atoms with Crippen molar-refractivity contribution in [3.8, 4) is 0 Å². The number of hydrogen-bond acceptors (Lipinski definition) is 3. The fourth-order valence-electron chi connectivity index (χ4n) is 5.06. The molecule has 4 bridgehead atoms. The molecule has 4 aliphatic rings. The highest BCUT2D eigenvalue weighted by atomic mass is 32.2. The second-order valence-electron chi connectivity index (χ2n) is 7.38. The Labute approximate surface area is 122 Å². The Hall–Kier alpha value is -0.130. The van der Waals surface area contributed by atoms with Crippen LogP contribution in [0.3, 0.4) is 0 Å². The van der Waals surface area contributed by atoms with E-state index in [2.05, 4.69) is 4.72 Å². The van der Waals surface area contributed by atoms with Crippen molar-refractivity contribution in [2.24, 2.45) is 23.7 Å².